The molecule has 1 fully saturated rings. The fraction of sp³-hybridized carbons (Fsp3) is 0.500. The minimum absolute atomic E-state index is 0.0676. The minimum Gasteiger partial charge on any atom is -0.550 e. The number of piperidine rings is 1. The van der Waals surface area contributed by atoms with E-state index in [2.05, 4.69) is 5.32 Å². The zero-order valence-corrected chi connectivity index (χ0v) is 13.0. The number of hydrogen-bond acceptors (Lipinski definition) is 6. The van der Waals surface area contributed by atoms with Gasteiger partial charge >= 0.3 is 0 Å². The molecule has 1 amide bonds. The molecule has 0 atom stereocenters. The highest BCUT2D eigenvalue weighted by atomic mass is 32.2. The van der Waals surface area contributed by atoms with E-state index in [9.17, 15) is 23.1 Å². The molecule has 0 bridgehead atoms. The van der Waals surface area contributed by atoms with Gasteiger partial charge in [-0.2, -0.15) is 4.31 Å². The molecule has 0 spiro atoms. The van der Waals surface area contributed by atoms with Gasteiger partial charge in [0, 0.05) is 37.4 Å². The van der Waals surface area contributed by atoms with Crippen molar-refractivity contribution in [3.63, 3.8) is 0 Å². The first kappa shape index (κ1) is 15.9. The van der Waals surface area contributed by atoms with E-state index in [-0.39, 0.29) is 36.7 Å². The van der Waals surface area contributed by atoms with Gasteiger partial charge in [-0.15, -0.1) is 11.3 Å². The average Bonchev–Trinajstić information content (AvgIpc) is 2.97. The Morgan fingerprint density at radius 1 is 1.38 bits per heavy atom. The van der Waals surface area contributed by atoms with Gasteiger partial charge in [0.05, 0.1) is 9.77 Å². The predicted molar refractivity (Wildman–Crippen MR) is 74.2 cm³/mol. The van der Waals surface area contributed by atoms with Gasteiger partial charge in [-0.3, -0.25) is 4.79 Å². The molecule has 2 rings (SSSR count). The number of aliphatic carboxylic acids is 1. The van der Waals surface area contributed by atoms with Crippen molar-refractivity contribution in [2.24, 2.45) is 5.92 Å². The van der Waals surface area contributed by atoms with Crippen LogP contribution in [0.15, 0.2) is 16.3 Å². The Balaban J connectivity index is 2.14. The molecule has 1 aliphatic rings. The fourth-order valence-corrected chi connectivity index (χ4v) is 4.85. The van der Waals surface area contributed by atoms with Gasteiger partial charge < -0.3 is 15.2 Å². The average molecular weight is 331 g/mol. The lowest BCUT2D eigenvalue weighted by atomic mass is 9.99. The largest absolute Gasteiger partial charge is 0.550 e. The molecule has 7 nitrogen and oxygen atoms in total. The molecule has 1 aromatic rings. The van der Waals surface area contributed by atoms with Crippen molar-refractivity contribution in [3.05, 3.63) is 16.3 Å². The van der Waals surface area contributed by atoms with Crippen LogP contribution >= 0.6 is 11.3 Å². The third-order valence-electron chi connectivity index (χ3n) is 3.45. The van der Waals surface area contributed by atoms with Crippen LogP contribution in [0.3, 0.4) is 0 Å². The predicted octanol–water partition coefficient (Wildman–Crippen LogP) is -0.742. The number of sulfonamides is 1. The zero-order chi connectivity index (χ0) is 15.6. The number of carbonyl (C=O) groups is 2. The molecule has 0 aliphatic carbocycles. The molecule has 0 unspecified atom stereocenters. The Hall–Kier alpha value is -1.45. The van der Waals surface area contributed by atoms with Crippen molar-refractivity contribution in [2.75, 3.05) is 20.1 Å². The van der Waals surface area contributed by atoms with Crippen LogP contribution in [0.2, 0.25) is 0 Å². The Labute approximate surface area is 126 Å². The van der Waals surface area contributed by atoms with Crippen LogP contribution in [0.4, 0.5) is 0 Å². The quantitative estimate of drug-likeness (QED) is 0.782. The molecular weight excluding hydrogens is 316 g/mol. The van der Waals surface area contributed by atoms with Gasteiger partial charge in [0.25, 0.3) is 5.91 Å². The number of hydrogen-bond donors (Lipinski definition) is 1. The Morgan fingerprint density at radius 2 is 2.00 bits per heavy atom. The number of nitrogens with zero attached hydrogens (tertiary/aromatic N) is 1. The van der Waals surface area contributed by atoms with Gasteiger partial charge in [-0.25, -0.2) is 8.42 Å². The molecule has 1 aromatic heterocycles. The summed E-state index contributed by atoms with van der Waals surface area (Å²) in [6.45, 7) is 0.290. The molecule has 1 aliphatic heterocycles. The van der Waals surface area contributed by atoms with Crippen LogP contribution in [-0.2, 0) is 14.8 Å². The lowest BCUT2D eigenvalue weighted by molar-refractivity contribution is -0.312. The molecule has 9 heteroatoms. The zero-order valence-electron chi connectivity index (χ0n) is 11.4. The third kappa shape index (κ3) is 3.25. The molecular formula is C12H15N2O5S2-. The maximum absolute atomic E-state index is 12.4. The summed E-state index contributed by atoms with van der Waals surface area (Å²) in [6, 6.07) is 1.34. The summed E-state index contributed by atoms with van der Waals surface area (Å²) < 4.78 is 26.1. The van der Waals surface area contributed by atoms with E-state index in [0.717, 1.165) is 11.3 Å². The Kier molecular flexibility index (Phi) is 4.64. The molecule has 116 valence electrons. The molecule has 1 saturated heterocycles. The smallest absolute Gasteiger partial charge is 0.261 e. The van der Waals surface area contributed by atoms with Crippen LogP contribution in [0, 0.1) is 5.92 Å². The summed E-state index contributed by atoms with van der Waals surface area (Å²) in [5, 5.41) is 14.6. The number of nitrogens with one attached hydrogen (secondary N) is 1. The third-order valence-corrected chi connectivity index (χ3v) is 6.41. The summed E-state index contributed by atoms with van der Waals surface area (Å²) in [5.74, 6) is -2.07. The highest BCUT2D eigenvalue weighted by Crippen LogP contribution is 2.26. The summed E-state index contributed by atoms with van der Waals surface area (Å²) in [6.07, 6.45) is 0.488. The number of carbonyl (C=O) groups excluding carboxylic acids is 2. The molecule has 0 saturated carbocycles. The summed E-state index contributed by atoms with van der Waals surface area (Å²) in [4.78, 5) is 22.6. The van der Waals surface area contributed by atoms with Gasteiger partial charge in [-0.05, 0) is 18.9 Å². The summed E-state index contributed by atoms with van der Waals surface area (Å²) in [7, 11) is -2.21. The van der Waals surface area contributed by atoms with Crippen LogP contribution < -0.4 is 10.4 Å². The second kappa shape index (κ2) is 6.12. The van der Waals surface area contributed by atoms with E-state index >= 15 is 0 Å². The van der Waals surface area contributed by atoms with E-state index in [1.807, 2.05) is 0 Å². The lowest BCUT2D eigenvalue weighted by Crippen LogP contribution is -2.43. The van der Waals surface area contributed by atoms with Crippen molar-refractivity contribution < 1.29 is 23.1 Å². The van der Waals surface area contributed by atoms with Gasteiger partial charge in [0.15, 0.2) is 0 Å². The topological polar surface area (TPSA) is 107 Å². The van der Waals surface area contributed by atoms with Crippen molar-refractivity contribution in [1.82, 2.24) is 9.62 Å². The van der Waals surface area contributed by atoms with Crippen molar-refractivity contribution in [3.8, 4) is 0 Å². The number of carboxylic acid groups (broad SMARTS) is 1. The molecule has 1 N–H and O–H groups in total. The van der Waals surface area contributed by atoms with E-state index in [1.165, 1.54) is 22.8 Å². The maximum atomic E-state index is 12.4. The lowest BCUT2D eigenvalue weighted by Gasteiger charge is -2.31. The second-order valence-corrected chi connectivity index (χ2v) is 7.57. The first-order valence-corrected chi connectivity index (χ1v) is 8.70. The number of carboxylic acids is 1. The van der Waals surface area contributed by atoms with E-state index < -0.39 is 21.9 Å². The maximum Gasteiger partial charge on any atom is 0.261 e. The van der Waals surface area contributed by atoms with Crippen LogP contribution in [0.5, 0.6) is 0 Å². The van der Waals surface area contributed by atoms with Crippen molar-refractivity contribution in [2.45, 2.75) is 17.7 Å². The first-order chi connectivity index (χ1) is 9.86. The first-order valence-electron chi connectivity index (χ1n) is 6.38. The van der Waals surface area contributed by atoms with Crippen LogP contribution in [-0.4, -0.2) is 44.7 Å². The van der Waals surface area contributed by atoms with E-state index in [4.69, 9.17) is 0 Å². The van der Waals surface area contributed by atoms with Gasteiger partial charge in [-0.1, -0.05) is 0 Å². The van der Waals surface area contributed by atoms with Crippen LogP contribution in [0.25, 0.3) is 0 Å². The van der Waals surface area contributed by atoms with E-state index in [1.54, 1.807) is 0 Å². The SMILES string of the molecule is CNC(=O)c1cc(S(=O)(=O)N2CCC(C(=O)[O-])CC2)cs1. The highest BCUT2D eigenvalue weighted by molar-refractivity contribution is 7.89. The van der Waals surface area contributed by atoms with E-state index in [0.29, 0.717) is 4.88 Å². The second-order valence-electron chi connectivity index (χ2n) is 4.72. The number of amides is 1. The van der Waals surface area contributed by atoms with Crippen LogP contribution in [0.1, 0.15) is 22.5 Å². The number of thiophene rings is 1. The fourth-order valence-electron chi connectivity index (χ4n) is 2.18. The standard InChI is InChI=1S/C12H16N2O5S2/c1-13-11(15)10-6-9(7-20-10)21(18,19)14-4-2-8(3-5-14)12(16)17/h6-8H,2-5H2,1H3,(H,13,15)(H,16,17)/p-1. The van der Waals surface area contributed by atoms with Crippen molar-refractivity contribution >= 4 is 33.2 Å². The Bertz CT molecular complexity index is 644. The van der Waals surface area contributed by atoms with Gasteiger partial charge in [0.2, 0.25) is 10.0 Å². The molecule has 0 radical (unpaired) electrons. The normalized spacial score (nSPS) is 17.6. The number of rotatable bonds is 4. The van der Waals surface area contributed by atoms with Crippen molar-refractivity contribution in [1.29, 1.82) is 0 Å². The highest BCUT2D eigenvalue weighted by Gasteiger charge is 2.30. The Morgan fingerprint density at radius 3 is 2.52 bits per heavy atom. The summed E-state index contributed by atoms with van der Waals surface area (Å²) >= 11 is 1.06. The molecule has 2 heterocycles. The summed E-state index contributed by atoms with van der Waals surface area (Å²) in [5.41, 5.74) is 0. The minimum atomic E-state index is -3.68. The molecule has 0 aromatic carbocycles. The monoisotopic (exact) mass is 331 g/mol. The van der Waals surface area contributed by atoms with Gasteiger partial charge in [0.1, 0.15) is 0 Å². The molecule has 21 heavy (non-hydrogen) atoms.